The van der Waals surface area contributed by atoms with Crippen molar-refractivity contribution in [2.75, 3.05) is 39.8 Å². The molecule has 1 aromatic carbocycles. The molecule has 172 valence electrons. The number of esters is 1. The van der Waals surface area contributed by atoms with Crippen LogP contribution in [0.15, 0.2) is 29.3 Å². The molecule has 2 fully saturated rings. The molecule has 7 nitrogen and oxygen atoms in total. The molecular formula is C23H35IN4O3. The van der Waals surface area contributed by atoms with Crippen molar-refractivity contribution >= 4 is 41.8 Å². The molecule has 2 aliphatic rings. The third kappa shape index (κ3) is 7.08. The van der Waals surface area contributed by atoms with Crippen molar-refractivity contribution in [3.8, 4) is 0 Å². The Balaban J connectivity index is 0.00000341. The van der Waals surface area contributed by atoms with Gasteiger partial charge in [-0.05, 0) is 56.7 Å². The fourth-order valence-electron chi connectivity index (χ4n) is 4.12. The predicted octanol–water partition coefficient (Wildman–Crippen LogP) is 3.28. The quantitative estimate of drug-likeness (QED) is 0.268. The summed E-state index contributed by atoms with van der Waals surface area (Å²) in [6.45, 7) is 6.70. The summed E-state index contributed by atoms with van der Waals surface area (Å²) in [5.41, 5.74) is 1.83. The average Bonchev–Trinajstić information content (AvgIpc) is 2.82. The van der Waals surface area contributed by atoms with E-state index in [4.69, 9.17) is 9.73 Å². The average molecular weight is 542 g/mol. The van der Waals surface area contributed by atoms with Gasteiger partial charge in [0.1, 0.15) is 0 Å². The van der Waals surface area contributed by atoms with E-state index in [1.54, 1.807) is 0 Å². The van der Waals surface area contributed by atoms with Gasteiger partial charge in [-0.3, -0.25) is 9.59 Å². The second kappa shape index (κ2) is 12.9. The molecule has 0 aliphatic carbocycles. The standard InChI is InChI=1S/C23H34N4O3.HI/c1-3-24-23(27-15-11-20(12-16-27)22(29)30-2)25-17-18-7-9-19(10-8-18)21(28)26-13-5-4-6-14-26;/h7-10,20H,3-6,11-17H2,1-2H3,(H,24,25);1H. The zero-order chi connectivity index (χ0) is 21.3. The van der Waals surface area contributed by atoms with Crippen LogP contribution in [-0.4, -0.2) is 67.5 Å². The Morgan fingerprint density at radius 1 is 1.03 bits per heavy atom. The van der Waals surface area contributed by atoms with Gasteiger partial charge in [0, 0.05) is 38.3 Å². The summed E-state index contributed by atoms with van der Waals surface area (Å²) >= 11 is 0. The van der Waals surface area contributed by atoms with Crippen LogP contribution in [-0.2, 0) is 16.1 Å². The molecule has 8 heteroatoms. The number of hydrogen-bond donors (Lipinski definition) is 1. The zero-order valence-electron chi connectivity index (χ0n) is 18.6. The first-order valence-electron chi connectivity index (χ1n) is 11.1. The number of halogens is 1. The summed E-state index contributed by atoms with van der Waals surface area (Å²) in [5.74, 6) is 0.871. The highest BCUT2D eigenvalue weighted by Gasteiger charge is 2.27. The number of benzene rings is 1. The van der Waals surface area contributed by atoms with Crippen molar-refractivity contribution < 1.29 is 14.3 Å². The van der Waals surface area contributed by atoms with Crippen molar-refractivity contribution in [3.63, 3.8) is 0 Å². The van der Waals surface area contributed by atoms with Gasteiger partial charge in [-0.25, -0.2) is 4.99 Å². The molecule has 0 radical (unpaired) electrons. The van der Waals surface area contributed by atoms with E-state index in [0.29, 0.717) is 6.54 Å². The van der Waals surface area contributed by atoms with E-state index >= 15 is 0 Å². The molecule has 3 rings (SSSR count). The maximum atomic E-state index is 12.6. The number of aliphatic imine (C=N–C) groups is 1. The van der Waals surface area contributed by atoms with Crippen molar-refractivity contribution in [3.05, 3.63) is 35.4 Å². The second-order valence-corrected chi connectivity index (χ2v) is 8.00. The number of piperidine rings is 2. The normalized spacial score (nSPS) is 17.7. The molecule has 0 bridgehead atoms. The van der Waals surface area contributed by atoms with E-state index in [2.05, 4.69) is 17.1 Å². The van der Waals surface area contributed by atoms with E-state index in [9.17, 15) is 9.59 Å². The highest BCUT2D eigenvalue weighted by Crippen LogP contribution is 2.19. The number of carbonyl (C=O) groups is 2. The third-order valence-electron chi connectivity index (χ3n) is 5.92. The lowest BCUT2D eigenvalue weighted by Gasteiger charge is -2.33. The van der Waals surface area contributed by atoms with Crippen LogP contribution in [0.4, 0.5) is 0 Å². The summed E-state index contributed by atoms with van der Waals surface area (Å²) in [6, 6.07) is 7.81. The molecule has 1 aromatic rings. The largest absolute Gasteiger partial charge is 0.469 e. The Morgan fingerprint density at radius 2 is 1.68 bits per heavy atom. The molecule has 31 heavy (non-hydrogen) atoms. The van der Waals surface area contributed by atoms with Crippen LogP contribution in [0.25, 0.3) is 0 Å². The molecule has 1 N–H and O–H groups in total. The van der Waals surface area contributed by atoms with Gasteiger partial charge in [0.2, 0.25) is 0 Å². The highest BCUT2D eigenvalue weighted by molar-refractivity contribution is 14.0. The molecule has 2 saturated heterocycles. The van der Waals surface area contributed by atoms with E-state index in [1.807, 2.05) is 29.2 Å². The van der Waals surface area contributed by atoms with Crippen molar-refractivity contribution in [2.24, 2.45) is 10.9 Å². The smallest absolute Gasteiger partial charge is 0.308 e. The number of methoxy groups -OCH3 is 1. The summed E-state index contributed by atoms with van der Waals surface area (Å²) < 4.78 is 4.87. The summed E-state index contributed by atoms with van der Waals surface area (Å²) in [4.78, 5) is 33.3. The van der Waals surface area contributed by atoms with Gasteiger partial charge in [-0.2, -0.15) is 0 Å². The van der Waals surface area contributed by atoms with Crippen molar-refractivity contribution in [2.45, 2.75) is 45.6 Å². The number of nitrogens with one attached hydrogen (secondary N) is 1. The molecule has 0 aromatic heterocycles. The van der Waals surface area contributed by atoms with Gasteiger partial charge in [0.25, 0.3) is 5.91 Å². The van der Waals surface area contributed by atoms with Crippen molar-refractivity contribution in [1.82, 2.24) is 15.1 Å². The minimum atomic E-state index is -0.115. The fourth-order valence-corrected chi connectivity index (χ4v) is 4.12. The molecule has 0 spiro atoms. The van der Waals surface area contributed by atoms with Crippen LogP contribution < -0.4 is 5.32 Å². The van der Waals surface area contributed by atoms with Crippen LogP contribution in [0.5, 0.6) is 0 Å². The second-order valence-electron chi connectivity index (χ2n) is 8.00. The Hall–Kier alpha value is -1.84. The Kier molecular flexibility index (Phi) is 10.6. The van der Waals surface area contributed by atoms with Gasteiger partial charge >= 0.3 is 5.97 Å². The van der Waals surface area contributed by atoms with Crippen LogP contribution in [0.2, 0.25) is 0 Å². The summed E-state index contributed by atoms with van der Waals surface area (Å²) in [5, 5.41) is 3.35. The van der Waals surface area contributed by atoms with Crippen molar-refractivity contribution in [1.29, 1.82) is 0 Å². The lowest BCUT2D eigenvalue weighted by molar-refractivity contribution is -0.146. The minimum absolute atomic E-state index is 0. The van der Waals surface area contributed by atoms with Crippen LogP contribution in [0, 0.1) is 5.92 Å². The Bertz CT molecular complexity index is 740. The monoisotopic (exact) mass is 542 g/mol. The summed E-state index contributed by atoms with van der Waals surface area (Å²) in [7, 11) is 1.45. The van der Waals surface area contributed by atoms with E-state index in [0.717, 1.165) is 75.5 Å². The highest BCUT2D eigenvalue weighted by atomic mass is 127. The lowest BCUT2D eigenvalue weighted by Crippen LogP contribution is -2.46. The van der Waals surface area contributed by atoms with Gasteiger partial charge in [-0.1, -0.05) is 12.1 Å². The van der Waals surface area contributed by atoms with E-state index in [-0.39, 0.29) is 41.8 Å². The fraction of sp³-hybridized carbons (Fsp3) is 0.609. The van der Waals surface area contributed by atoms with Gasteiger partial charge in [0.15, 0.2) is 5.96 Å². The lowest BCUT2D eigenvalue weighted by atomic mass is 9.97. The maximum absolute atomic E-state index is 12.6. The number of nitrogens with zero attached hydrogens (tertiary/aromatic N) is 3. The zero-order valence-corrected chi connectivity index (χ0v) is 21.0. The molecule has 0 atom stereocenters. The van der Waals surface area contributed by atoms with Crippen LogP contribution in [0.3, 0.4) is 0 Å². The number of rotatable bonds is 5. The maximum Gasteiger partial charge on any atom is 0.308 e. The first-order valence-corrected chi connectivity index (χ1v) is 11.1. The van der Waals surface area contributed by atoms with E-state index in [1.165, 1.54) is 13.5 Å². The third-order valence-corrected chi connectivity index (χ3v) is 5.92. The van der Waals surface area contributed by atoms with Gasteiger partial charge in [0.05, 0.1) is 19.6 Å². The van der Waals surface area contributed by atoms with E-state index < -0.39 is 0 Å². The number of ether oxygens (including phenoxy) is 1. The molecular weight excluding hydrogens is 507 g/mol. The number of hydrogen-bond acceptors (Lipinski definition) is 4. The van der Waals surface area contributed by atoms with Crippen LogP contribution >= 0.6 is 24.0 Å². The number of guanidine groups is 1. The number of likely N-dealkylation sites (tertiary alicyclic amines) is 2. The topological polar surface area (TPSA) is 74.2 Å². The number of amides is 1. The van der Waals surface area contributed by atoms with Crippen LogP contribution in [0.1, 0.15) is 54.9 Å². The number of carbonyl (C=O) groups excluding carboxylic acids is 2. The first-order chi connectivity index (χ1) is 14.6. The van der Waals surface area contributed by atoms with Gasteiger partial charge < -0.3 is 19.9 Å². The molecule has 2 aliphatic heterocycles. The molecule has 0 saturated carbocycles. The molecule has 1 amide bonds. The Morgan fingerprint density at radius 3 is 2.26 bits per heavy atom. The predicted molar refractivity (Wildman–Crippen MR) is 133 cm³/mol. The Labute approximate surface area is 202 Å². The van der Waals surface area contributed by atoms with Gasteiger partial charge in [-0.15, -0.1) is 24.0 Å². The molecule has 0 unspecified atom stereocenters. The minimum Gasteiger partial charge on any atom is -0.469 e. The molecule has 2 heterocycles. The SMILES string of the molecule is CCNC(=NCc1ccc(C(=O)N2CCCCC2)cc1)N1CCC(C(=O)OC)CC1.I. The summed E-state index contributed by atoms with van der Waals surface area (Å²) in [6.07, 6.45) is 4.98. The first kappa shape index (κ1) is 25.4.